The van der Waals surface area contributed by atoms with Crippen LogP contribution in [0, 0.1) is 5.82 Å². The summed E-state index contributed by atoms with van der Waals surface area (Å²) < 4.78 is 46.2. The average molecular weight is 417 g/mol. The minimum Gasteiger partial charge on any atom is -0.379 e. The van der Waals surface area contributed by atoms with E-state index in [2.05, 4.69) is 12.2 Å². The lowest BCUT2D eigenvalue weighted by atomic mass is 10.1. The molecule has 1 aromatic rings. The van der Waals surface area contributed by atoms with Crippen LogP contribution in [-0.2, 0) is 14.8 Å². The van der Waals surface area contributed by atoms with E-state index in [1.807, 2.05) is 11.8 Å². The molecule has 2 aliphatic rings. The standard InChI is InChI=1S/C18H25FN2O4S2/c1-2-26-14-4-3-13(11-14)20-18(22)16-12-15(5-6-17(16)19)27(23,24)21-7-9-25-10-8-21/h5-6,12-14H,2-4,7-11H2,1H3,(H,20,22). The number of sulfonamides is 1. The van der Waals surface area contributed by atoms with Crippen molar-refractivity contribution in [1.82, 2.24) is 9.62 Å². The van der Waals surface area contributed by atoms with Gasteiger partial charge in [0.2, 0.25) is 10.0 Å². The number of hydrogen-bond acceptors (Lipinski definition) is 5. The van der Waals surface area contributed by atoms with E-state index in [9.17, 15) is 17.6 Å². The molecule has 150 valence electrons. The number of carbonyl (C=O) groups is 1. The summed E-state index contributed by atoms with van der Waals surface area (Å²) in [5, 5.41) is 3.37. The number of rotatable bonds is 6. The van der Waals surface area contributed by atoms with Gasteiger partial charge in [-0.05, 0) is 43.2 Å². The highest BCUT2D eigenvalue weighted by atomic mass is 32.2. The van der Waals surface area contributed by atoms with Gasteiger partial charge >= 0.3 is 0 Å². The number of nitrogens with zero attached hydrogens (tertiary/aromatic N) is 1. The second kappa shape index (κ2) is 8.89. The Morgan fingerprint density at radius 2 is 2.07 bits per heavy atom. The molecular weight excluding hydrogens is 391 g/mol. The van der Waals surface area contributed by atoms with Crippen LogP contribution in [0.2, 0.25) is 0 Å². The molecule has 1 saturated carbocycles. The molecule has 6 nitrogen and oxygen atoms in total. The molecule has 1 N–H and O–H groups in total. The van der Waals surface area contributed by atoms with Crippen molar-refractivity contribution in [3.05, 3.63) is 29.6 Å². The number of hydrogen-bond donors (Lipinski definition) is 1. The maximum Gasteiger partial charge on any atom is 0.254 e. The third-order valence-electron chi connectivity index (χ3n) is 4.91. The minimum absolute atomic E-state index is 0.000423. The number of amides is 1. The number of nitrogens with one attached hydrogen (secondary N) is 1. The molecule has 0 bridgehead atoms. The predicted molar refractivity (Wildman–Crippen MR) is 103 cm³/mol. The summed E-state index contributed by atoms with van der Waals surface area (Å²) in [5.74, 6) is -0.244. The van der Waals surface area contributed by atoms with Crippen molar-refractivity contribution in [3.8, 4) is 0 Å². The zero-order valence-electron chi connectivity index (χ0n) is 15.3. The second-order valence-electron chi connectivity index (χ2n) is 6.72. The van der Waals surface area contributed by atoms with Crippen LogP contribution in [-0.4, -0.2) is 62.0 Å². The van der Waals surface area contributed by atoms with Crippen molar-refractivity contribution in [1.29, 1.82) is 0 Å². The predicted octanol–water partition coefficient (Wildman–Crippen LogP) is 2.25. The van der Waals surface area contributed by atoms with Gasteiger partial charge in [-0.15, -0.1) is 0 Å². The zero-order valence-corrected chi connectivity index (χ0v) is 17.0. The smallest absolute Gasteiger partial charge is 0.254 e. The van der Waals surface area contributed by atoms with E-state index in [0.717, 1.165) is 37.1 Å². The fourth-order valence-electron chi connectivity index (χ4n) is 3.50. The summed E-state index contributed by atoms with van der Waals surface area (Å²) >= 11 is 1.87. The maximum absolute atomic E-state index is 14.2. The van der Waals surface area contributed by atoms with Gasteiger partial charge in [0.05, 0.1) is 23.7 Å². The number of carbonyl (C=O) groups excluding carboxylic acids is 1. The van der Waals surface area contributed by atoms with Gasteiger partial charge in [-0.3, -0.25) is 4.79 Å². The van der Waals surface area contributed by atoms with Gasteiger partial charge in [0.25, 0.3) is 5.91 Å². The monoisotopic (exact) mass is 416 g/mol. The second-order valence-corrected chi connectivity index (χ2v) is 10.2. The lowest BCUT2D eigenvalue weighted by Gasteiger charge is -2.26. The van der Waals surface area contributed by atoms with Gasteiger partial charge in [0, 0.05) is 24.4 Å². The first kappa shape index (κ1) is 20.6. The van der Waals surface area contributed by atoms with Crippen LogP contribution in [0.15, 0.2) is 23.1 Å². The summed E-state index contributed by atoms with van der Waals surface area (Å²) in [6.45, 7) is 3.25. The van der Waals surface area contributed by atoms with Gasteiger partial charge in [0.15, 0.2) is 0 Å². The van der Waals surface area contributed by atoms with Crippen molar-refractivity contribution in [3.63, 3.8) is 0 Å². The van der Waals surface area contributed by atoms with Crippen molar-refractivity contribution in [2.75, 3.05) is 32.1 Å². The molecule has 3 rings (SSSR count). The molecular formula is C18H25FN2O4S2. The maximum atomic E-state index is 14.2. The number of halogens is 1. The molecule has 1 aliphatic heterocycles. The van der Waals surface area contributed by atoms with E-state index in [1.165, 1.54) is 10.4 Å². The van der Waals surface area contributed by atoms with Crippen LogP contribution in [0.25, 0.3) is 0 Å². The van der Waals surface area contributed by atoms with E-state index in [4.69, 9.17) is 4.74 Å². The Hall–Kier alpha value is -1.16. The highest BCUT2D eigenvalue weighted by Crippen LogP contribution is 2.30. The highest BCUT2D eigenvalue weighted by molar-refractivity contribution is 7.99. The van der Waals surface area contributed by atoms with E-state index in [0.29, 0.717) is 18.5 Å². The molecule has 2 unspecified atom stereocenters. The molecule has 1 saturated heterocycles. The quantitative estimate of drug-likeness (QED) is 0.770. The number of morpholine rings is 1. The largest absolute Gasteiger partial charge is 0.379 e. The normalized spacial score (nSPS) is 24.1. The first-order chi connectivity index (χ1) is 12.9. The molecule has 0 spiro atoms. The molecule has 9 heteroatoms. The van der Waals surface area contributed by atoms with E-state index >= 15 is 0 Å². The summed E-state index contributed by atoms with van der Waals surface area (Å²) in [7, 11) is -3.77. The Morgan fingerprint density at radius 1 is 1.33 bits per heavy atom. The SMILES string of the molecule is CCSC1CCC(NC(=O)c2cc(S(=O)(=O)N3CCOCC3)ccc2F)C1. The van der Waals surface area contributed by atoms with E-state index in [1.54, 1.807) is 0 Å². The van der Waals surface area contributed by atoms with Gasteiger partial charge in [-0.1, -0.05) is 6.92 Å². The third-order valence-corrected chi connectivity index (χ3v) is 8.04. The Labute approximate surface area is 163 Å². The Kier molecular flexibility index (Phi) is 6.78. The summed E-state index contributed by atoms with van der Waals surface area (Å²) in [6, 6.07) is 3.40. The molecule has 0 radical (unpaired) electrons. The Bertz CT molecular complexity index is 782. The lowest BCUT2D eigenvalue weighted by molar-refractivity contribution is 0.0730. The molecule has 1 amide bonds. The highest BCUT2D eigenvalue weighted by Gasteiger charge is 2.30. The van der Waals surface area contributed by atoms with Gasteiger partial charge < -0.3 is 10.1 Å². The molecule has 27 heavy (non-hydrogen) atoms. The van der Waals surface area contributed by atoms with E-state index < -0.39 is 21.7 Å². The van der Waals surface area contributed by atoms with Crippen LogP contribution >= 0.6 is 11.8 Å². The topological polar surface area (TPSA) is 75.7 Å². The number of benzene rings is 1. The molecule has 0 aromatic heterocycles. The van der Waals surface area contributed by atoms with Crippen LogP contribution in [0.3, 0.4) is 0 Å². The summed E-state index contributed by atoms with van der Waals surface area (Å²) in [6.07, 6.45) is 2.74. The van der Waals surface area contributed by atoms with Crippen LogP contribution in [0.1, 0.15) is 36.5 Å². The Morgan fingerprint density at radius 3 is 2.78 bits per heavy atom. The zero-order chi connectivity index (χ0) is 19.4. The number of thioether (sulfide) groups is 1. The average Bonchev–Trinajstić information content (AvgIpc) is 3.10. The van der Waals surface area contributed by atoms with Crippen LogP contribution < -0.4 is 5.32 Å². The fraction of sp³-hybridized carbons (Fsp3) is 0.611. The molecule has 2 atom stereocenters. The molecule has 1 aliphatic carbocycles. The third kappa shape index (κ3) is 4.82. The summed E-state index contributed by atoms with van der Waals surface area (Å²) in [5.41, 5.74) is -0.226. The fourth-order valence-corrected chi connectivity index (χ4v) is 6.07. The van der Waals surface area contributed by atoms with Gasteiger partial charge in [-0.2, -0.15) is 16.1 Å². The molecule has 1 aromatic carbocycles. The van der Waals surface area contributed by atoms with Gasteiger partial charge in [0.1, 0.15) is 5.82 Å². The number of ether oxygens (including phenoxy) is 1. The molecule has 2 fully saturated rings. The van der Waals surface area contributed by atoms with Crippen molar-refractivity contribution in [2.24, 2.45) is 0 Å². The summed E-state index contributed by atoms with van der Waals surface area (Å²) in [4.78, 5) is 12.5. The first-order valence-corrected chi connectivity index (χ1v) is 11.7. The first-order valence-electron chi connectivity index (χ1n) is 9.21. The Balaban J connectivity index is 1.74. The lowest BCUT2D eigenvalue weighted by Crippen LogP contribution is -2.40. The van der Waals surface area contributed by atoms with Gasteiger partial charge in [-0.25, -0.2) is 12.8 Å². The van der Waals surface area contributed by atoms with Crippen molar-refractivity contribution < 1.29 is 22.3 Å². The molecule has 1 heterocycles. The minimum atomic E-state index is -3.77. The van der Waals surface area contributed by atoms with E-state index in [-0.39, 0.29) is 29.6 Å². The van der Waals surface area contributed by atoms with Crippen LogP contribution in [0.5, 0.6) is 0 Å². The van der Waals surface area contributed by atoms with Crippen molar-refractivity contribution in [2.45, 2.75) is 42.4 Å². The van der Waals surface area contributed by atoms with Crippen molar-refractivity contribution >= 4 is 27.7 Å². The van der Waals surface area contributed by atoms with Crippen LogP contribution in [0.4, 0.5) is 4.39 Å².